The van der Waals surface area contributed by atoms with Gasteiger partial charge in [-0.05, 0) is 25.3 Å². The van der Waals surface area contributed by atoms with Crippen molar-refractivity contribution in [3.8, 4) is 17.2 Å². The molecule has 0 unspecified atom stereocenters. The molecule has 0 radical (unpaired) electrons. The second kappa shape index (κ2) is 8.32. The Kier molecular flexibility index (Phi) is 5.62. The molecule has 2 aromatic rings. The van der Waals surface area contributed by atoms with Crippen molar-refractivity contribution in [2.24, 2.45) is 0 Å². The molecule has 0 amide bonds. The molecule has 0 bridgehead atoms. The first-order valence-electron chi connectivity index (χ1n) is 10.0. The van der Waals surface area contributed by atoms with Gasteiger partial charge >= 0.3 is 0 Å². The number of aromatic nitrogens is 2. The summed E-state index contributed by atoms with van der Waals surface area (Å²) in [5, 5.41) is 0. The zero-order chi connectivity index (χ0) is 20.4. The number of methoxy groups -OCH3 is 3. The number of ether oxygens (including phenoxy) is 3. The summed E-state index contributed by atoms with van der Waals surface area (Å²) in [6, 6.07) is 3.86. The minimum absolute atomic E-state index is 0.625. The monoisotopic (exact) mass is 399 g/mol. The van der Waals surface area contributed by atoms with Gasteiger partial charge in [-0.15, -0.1) is 0 Å². The van der Waals surface area contributed by atoms with Crippen molar-refractivity contribution in [3.63, 3.8) is 0 Å². The second-order valence-electron chi connectivity index (χ2n) is 7.51. The van der Waals surface area contributed by atoms with Gasteiger partial charge in [0.1, 0.15) is 11.6 Å². The molecule has 2 aliphatic rings. The van der Waals surface area contributed by atoms with Gasteiger partial charge in [0.2, 0.25) is 5.95 Å². The van der Waals surface area contributed by atoms with Crippen molar-refractivity contribution >= 4 is 11.8 Å². The molecule has 0 spiro atoms. The summed E-state index contributed by atoms with van der Waals surface area (Å²) in [5.74, 6) is 3.54. The third-order valence-electron chi connectivity index (χ3n) is 5.73. The molecule has 3 heterocycles. The standard InChI is InChI=1S/C21H29N5O3/c1-27-17-11-19(29-3)18(28-2)10-14(17)12-25-9-6-15-16(13-25)23-21(24-20(15)22)26-7-4-5-8-26/h10-11H,4-9,12-13H2,1-3H3,(H2,22,23,24). The number of nitrogens with two attached hydrogens (primary N) is 1. The van der Waals surface area contributed by atoms with Crippen LogP contribution in [0, 0.1) is 0 Å². The van der Waals surface area contributed by atoms with E-state index in [-0.39, 0.29) is 0 Å². The molecule has 0 aliphatic carbocycles. The molecule has 1 aromatic carbocycles. The Labute approximate surface area is 171 Å². The van der Waals surface area contributed by atoms with Crippen LogP contribution in [-0.4, -0.2) is 55.8 Å². The number of anilines is 2. The van der Waals surface area contributed by atoms with E-state index < -0.39 is 0 Å². The summed E-state index contributed by atoms with van der Waals surface area (Å²) < 4.78 is 16.4. The SMILES string of the molecule is COc1cc(OC)c(OC)cc1CN1CCc2c(N)nc(N3CCCC3)nc2C1. The van der Waals surface area contributed by atoms with E-state index in [2.05, 4.69) is 14.8 Å². The smallest absolute Gasteiger partial charge is 0.227 e. The molecule has 29 heavy (non-hydrogen) atoms. The Hall–Kier alpha value is -2.74. The van der Waals surface area contributed by atoms with Gasteiger partial charge in [-0.1, -0.05) is 0 Å². The van der Waals surface area contributed by atoms with Gasteiger partial charge in [0.25, 0.3) is 0 Å². The average Bonchev–Trinajstić information content (AvgIpc) is 3.28. The van der Waals surface area contributed by atoms with Gasteiger partial charge in [0.05, 0.1) is 27.0 Å². The fourth-order valence-corrected chi connectivity index (χ4v) is 4.15. The maximum Gasteiger partial charge on any atom is 0.227 e. The first kappa shape index (κ1) is 19.6. The molecule has 4 rings (SSSR count). The quantitative estimate of drug-likeness (QED) is 0.792. The molecule has 2 N–H and O–H groups in total. The summed E-state index contributed by atoms with van der Waals surface area (Å²) in [6.07, 6.45) is 3.22. The van der Waals surface area contributed by atoms with Crippen molar-refractivity contribution in [2.75, 3.05) is 51.6 Å². The lowest BCUT2D eigenvalue weighted by Crippen LogP contribution is -2.33. The number of nitrogen functional groups attached to an aromatic ring is 1. The Morgan fingerprint density at radius 3 is 2.31 bits per heavy atom. The van der Waals surface area contributed by atoms with Gasteiger partial charge in [-0.2, -0.15) is 4.98 Å². The molecule has 156 valence electrons. The van der Waals surface area contributed by atoms with Crippen LogP contribution in [0.2, 0.25) is 0 Å². The summed E-state index contributed by atoms with van der Waals surface area (Å²) in [7, 11) is 4.94. The van der Waals surface area contributed by atoms with Crippen LogP contribution in [0.25, 0.3) is 0 Å². The van der Waals surface area contributed by atoms with Crippen molar-refractivity contribution < 1.29 is 14.2 Å². The highest BCUT2D eigenvalue weighted by molar-refractivity contribution is 5.51. The minimum Gasteiger partial charge on any atom is -0.496 e. The Morgan fingerprint density at radius 1 is 0.931 bits per heavy atom. The fourth-order valence-electron chi connectivity index (χ4n) is 4.15. The number of rotatable bonds is 6. The van der Waals surface area contributed by atoms with Gasteiger partial charge in [0, 0.05) is 49.9 Å². The van der Waals surface area contributed by atoms with Crippen LogP contribution in [0.15, 0.2) is 12.1 Å². The van der Waals surface area contributed by atoms with Crippen LogP contribution >= 0.6 is 0 Å². The van der Waals surface area contributed by atoms with Crippen LogP contribution in [0.3, 0.4) is 0 Å². The normalized spacial score (nSPS) is 16.6. The Balaban J connectivity index is 1.57. The summed E-state index contributed by atoms with van der Waals surface area (Å²) in [4.78, 5) is 14.0. The number of benzene rings is 1. The maximum absolute atomic E-state index is 6.28. The summed E-state index contributed by atoms with van der Waals surface area (Å²) >= 11 is 0. The second-order valence-corrected chi connectivity index (χ2v) is 7.51. The third kappa shape index (κ3) is 3.89. The topological polar surface area (TPSA) is 86.0 Å². The summed E-state index contributed by atoms with van der Waals surface area (Å²) in [5.41, 5.74) is 9.45. The molecule has 1 aromatic heterocycles. The molecule has 2 aliphatic heterocycles. The van der Waals surface area contributed by atoms with E-state index in [1.807, 2.05) is 12.1 Å². The molecule has 0 saturated carbocycles. The van der Waals surface area contributed by atoms with Crippen molar-refractivity contribution in [1.82, 2.24) is 14.9 Å². The zero-order valence-electron chi connectivity index (χ0n) is 17.4. The van der Waals surface area contributed by atoms with Crippen LogP contribution in [0.1, 0.15) is 29.7 Å². The minimum atomic E-state index is 0.625. The molecule has 0 atom stereocenters. The first-order valence-corrected chi connectivity index (χ1v) is 10.0. The van der Waals surface area contributed by atoms with Gasteiger partial charge in [0.15, 0.2) is 11.5 Å². The van der Waals surface area contributed by atoms with Crippen LogP contribution < -0.4 is 24.8 Å². The van der Waals surface area contributed by atoms with E-state index in [9.17, 15) is 0 Å². The van der Waals surface area contributed by atoms with Crippen molar-refractivity contribution in [2.45, 2.75) is 32.4 Å². The van der Waals surface area contributed by atoms with E-state index in [0.29, 0.717) is 17.3 Å². The number of fused-ring (bicyclic) bond motifs is 1. The lowest BCUT2D eigenvalue weighted by atomic mass is 10.0. The van der Waals surface area contributed by atoms with Crippen LogP contribution in [-0.2, 0) is 19.5 Å². The van der Waals surface area contributed by atoms with Gasteiger partial charge in [-0.3, -0.25) is 4.90 Å². The Bertz CT molecular complexity index is 883. The number of nitrogens with zero attached hydrogens (tertiary/aromatic N) is 4. The maximum atomic E-state index is 6.28. The van der Waals surface area contributed by atoms with E-state index in [4.69, 9.17) is 24.9 Å². The average molecular weight is 399 g/mol. The lowest BCUT2D eigenvalue weighted by molar-refractivity contribution is 0.237. The Morgan fingerprint density at radius 2 is 1.62 bits per heavy atom. The van der Waals surface area contributed by atoms with Crippen molar-refractivity contribution in [3.05, 3.63) is 29.0 Å². The lowest BCUT2D eigenvalue weighted by Gasteiger charge is -2.30. The largest absolute Gasteiger partial charge is 0.496 e. The first-order chi connectivity index (χ1) is 14.1. The highest BCUT2D eigenvalue weighted by atomic mass is 16.5. The highest BCUT2D eigenvalue weighted by Gasteiger charge is 2.25. The van der Waals surface area contributed by atoms with E-state index in [1.54, 1.807) is 21.3 Å². The molecule has 1 fully saturated rings. The fraction of sp³-hybridized carbons (Fsp3) is 0.524. The molecular formula is C21H29N5O3. The van der Waals surface area contributed by atoms with Crippen LogP contribution in [0.4, 0.5) is 11.8 Å². The number of hydrogen-bond donors (Lipinski definition) is 1. The van der Waals surface area contributed by atoms with E-state index in [0.717, 1.165) is 67.7 Å². The highest BCUT2D eigenvalue weighted by Crippen LogP contribution is 2.36. The van der Waals surface area contributed by atoms with Crippen molar-refractivity contribution in [1.29, 1.82) is 0 Å². The van der Waals surface area contributed by atoms with Gasteiger partial charge in [-0.25, -0.2) is 4.98 Å². The third-order valence-corrected chi connectivity index (χ3v) is 5.73. The van der Waals surface area contributed by atoms with E-state index >= 15 is 0 Å². The predicted molar refractivity (Wildman–Crippen MR) is 112 cm³/mol. The molecule has 8 nitrogen and oxygen atoms in total. The molecular weight excluding hydrogens is 370 g/mol. The zero-order valence-corrected chi connectivity index (χ0v) is 17.4. The van der Waals surface area contributed by atoms with E-state index in [1.165, 1.54) is 12.8 Å². The predicted octanol–water partition coefficient (Wildman–Crippen LogP) is 2.24. The van der Waals surface area contributed by atoms with Crippen LogP contribution in [0.5, 0.6) is 17.2 Å². The molecule has 8 heteroatoms. The number of hydrogen-bond acceptors (Lipinski definition) is 8. The van der Waals surface area contributed by atoms with Gasteiger partial charge < -0.3 is 24.8 Å². The summed E-state index contributed by atoms with van der Waals surface area (Å²) in [6.45, 7) is 4.36. The molecule has 1 saturated heterocycles.